The van der Waals surface area contributed by atoms with Gasteiger partial charge in [0.15, 0.2) is 5.65 Å². The van der Waals surface area contributed by atoms with Crippen molar-refractivity contribution in [2.24, 2.45) is 0 Å². The highest BCUT2D eigenvalue weighted by molar-refractivity contribution is 5.77. The molecule has 192 valence electrons. The number of nitrogens with zero attached hydrogens (tertiary/aromatic N) is 4. The quantitative estimate of drug-likeness (QED) is 0.315. The van der Waals surface area contributed by atoms with Gasteiger partial charge in [0, 0.05) is 30.8 Å². The molecule has 0 saturated heterocycles. The third-order valence-corrected chi connectivity index (χ3v) is 6.43. The van der Waals surface area contributed by atoms with Crippen molar-refractivity contribution >= 4 is 40.3 Å². The molecule has 5 rings (SSSR count). The average Bonchev–Trinajstić information content (AvgIpc) is 3.23. The average molecular weight is 508 g/mol. The van der Waals surface area contributed by atoms with E-state index < -0.39 is 11.6 Å². The number of carbonyl (C=O) groups excluding carboxylic acids is 1. The second-order valence-corrected chi connectivity index (χ2v) is 9.02. The fourth-order valence-corrected chi connectivity index (χ4v) is 4.67. The van der Waals surface area contributed by atoms with E-state index in [4.69, 9.17) is 9.72 Å². The predicted octanol–water partition coefficient (Wildman–Crippen LogP) is 5.22. The van der Waals surface area contributed by atoms with E-state index >= 15 is 0 Å². The molecule has 0 spiro atoms. The number of hydrogen-bond donors (Lipinski definition) is 3. The van der Waals surface area contributed by atoms with Gasteiger partial charge in [-0.3, -0.25) is 9.36 Å². The van der Waals surface area contributed by atoms with Crippen LogP contribution in [0.4, 0.5) is 32.1 Å². The van der Waals surface area contributed by atoms with E-state index in [1.165, 1.54) is 19.1 Å². The van der Waals surface area contributed by atoms with Gasteiger partial charge in [0.2, 0.25) is 17.8 Å². The number of amides is 1. The van der Waals surface area contributed by atoms with Gasteiger partial charge in [-0.2, -0.15) is 4.98 Å². The molecule has 0 radical (unpaired) electrons. The maximum absolute atomic E-state index is 14.5. The van der Waals surface area contributed by atoms with Gasteiger partial charge in [0.05, 0.1) is 19.0 Å². The molecule has 0 atom stereocenters. The second-order valence-electron chi connectivity index (χ2n) is 9.02. The highest BCUT2D eigenvalue weighted by Gasteiger charge is 2.27. The number of methoxy groups -OCH3 is 1. The fraction of sp³-hybridized carbons (Fsp3) is 0.308. The minimum Gasteiger partial charge on any atom is -0.497 e. The molecule has 0 unspecified atom stereocenters. The van der Waals surface area contributed by atoms with Crippen molar-refractivity contribution < 1.29 is 18.3 Å². The summed E-state index contributed by atoms with van der Waals surface area (Å²) < 4.78 is 35.1. The number of aromatic nitrogens is 4. The Kier molecular flexibility index (Phi) is 6.85. The van der Waals surface area contributed by atoms with Gasteiger partial charge in [-0.25, -0.2) is 18.7 Å². The minimum atomic E-state index is -0.721. The van der Waals surface area contributed by atoms with Gasteiger partial charge >= 0.3 is 0 Å². The summed E-state index contributed by atoms with van der Waals surface area (Å²) in [6.45, 7) is 1.52. The van der Waals surface area contributed by atoms with Gasteiger partial charge in [0.1, 0.15) is 22.9 Å². The van der Waals surface area contributed by atoms with Crippen LogP contribution in [-0.4, -0.2) is 38.6 Å². The number of rotatable bonds is 7. The molecule has 4 aromatic rings. The Morgan fingerprint density at radius 3 is 2.46 bits per heavy atom. The van der Waals surface area contributed by atoms with E-state index in [0.717, 1.165) is 43.2 Å². The second kappa shape index (κ2) is 10.4. The summed E-state index contributed by atoms with van der Waals surface area (Å²) in [4.78, 5) is 25.3. The van der Waals surface area contributed by atoms with Gasteiger partial charge in [-0.1, -0.05) is 0 Å². The summed E-state index contributed by atoms with van der Waals surface area (Å²) in [5.74, 6) is 0.0739. The highest BCUT2D eigenvalue weighted by atomic mass is 19.1. The largest absolute Gasteiger partial charge is 0.497 e. The normalized spacial score (nSPS) is 17.4. The lowest BCUT2D eigenvalue weighted by atomic mass is 9.91. The van der Waals surface area contributed by atoms with Crippen LogP contribution < -0.4 is 20.7 Å². The Hall–Kier alpha value is -4.28. The number of ether oxygens (including phenoxy) is 1. The molecule has 3 N–H and O–H groups in total. The Balaban J connectivity index is 1.49. The van der Waals surface area contributed by atoms with Crippen LogP contribution in [0.5, 0.6) is 5.75 Å². The molecule has 1 saturated carbocycles. The molecule has 11 heteroatoms. The lowest BCUT2D eigenvalue weighted by Crippen LogP contribution is -2.36. The van der Waals surface area contributed by atoms with E-state index in [2.05, 4.69) is 25.9 Å². The number of imidazole rings is 1. The predicted molar refractivity (Wildman–Crippen MR) is 136 cm³/mol. The first-order valence-corrected chi connectivity index (χ1v) is 12.0. The van der Waals surface area contributed by atoms with Crippen LogP contribution >= 0.6 is 0 Å². The molecule has 1 aliphatic carbocycles. The van der Waals surface area contributed by atoms with E-state index in [1.54, 1.807) is 13.3 Å². The lowest BCUT2D eigenvalue weighted by Gasteiger charge is -2.30. The zero-order chi connectivity index (χ0) is 25.9. The number of nitrogens with one attached hydrogen (secondary N) is 3. The fourth-order valence-electron chi connectivity index (χ4n) is 4.67. The van der Waals surface area contributed by atoms with Crippen LogP contribution in [-0.2, 0) is 4.79 Å². The highest BCUT2D eigenvalue weighted by Crippen LogP contribution is 2.35. The summed E-state index contributed by atoms with van der Waals surface area (Å²) >= 11 is 0. The number of hydrogen-bond acceptors (Lipinski definition) is 7. The van der Waals surface area contributed by atoms with Crippen molar-refractivity contribution in [1.29, 1.82) is 0 Å². The summed E-state index contributed by atoms with van der Waals surface area (Å²) in [5.41, 5.74) is 2.01. The third-order valence-electron chi connectivity index (χ3n) is 6.43. The molecule has 0 aliphatic heterocycles. The molecule has 1 amide bonds. The summed E-state index contributed by atoms with van der Waals surface area (Å²) in [6.07, 6.45) is 4.72. The Morgan fingerprint density at radius 2 is 1.78 bits per heavy atom. The molecular weight excluding hydrogens is 480 g/mol. The summed E-state index contributed by atoms with van der Waals surface area (Å²) in [5, 5.41) is 9.20. The van der Waals surface area contributed by atoms with Gasteiger partial charge in [0.25, 0.3) is 0 Å². The van der Waals surface area contributed by atoms with E-state index in [-0.39, 0.29) is 23.7 Å². The van der Waals surface area contributed by atoms with Gasteiger partial charge in [-0.15, -0.1) is 0 Å². The molecule has 2 aromatic carbocycles. The molecule has 2 heterocycles. The Bertz CT molecular complexity index is 1420. The summed E-state index contributed by atoms with van der Waals surface area (Å²) in [6, 6.07) is 10.8. The van der Waals surface area contributed by atoms with E-state index in [9.17, 15) is 13.6 Å². The maximum Gasteiger partial charge on any atom is 0.229 e. The first-order valence-electron chi connectivity index (χ1n) is 12.0. The monoisotopic (exact) mass is 507 g/mol. The number of halogens is 2. The van der Waals surface area contributed by atoms with Crippen molar-refractivity contribution in [2.75, 3.05) is 17.7 Å². The molecule has 1 fully saturated rings. The van der Waals surface area contributed by atoms with Gasteiger partial charge in [-0.05, 0) is 62.1 Å². The van der Waals surface area contributed by atoms with Gasteiger partial charge < -0.3 is 20.7 Å². The molecular formula is C26H27F2N7O2. The first-order chi connectivity index (χ1) is 17.9. The lowest BCUT2D eigenvalue weighted by molar-refractivity contribution is -0.119. The molecule has 2 aromatic heterocycles. The van der Waals surface area contributed by atoms with Crippen LogP contribution in [0.25, 0.3) is 11.2 Å². The van der Waals surface area contributed by atoms with E-state index in [0.29, 0.717) is 23.1 Å². The van der Waals surface area contributed by atoms with E-state index in [1.807, 2.05) is 28.8 Å². The van der Waals surface area contributed by atoms with Crippen LogP contribution in [0.15, 0.2) is 48.7 Å². The standard InChI is InChI=1S/C26H27F2N7O2/c1-15(36)30-17-4-8-19(9-5-17)35-24-23(33-26(35)32-22-12-3-16(27)13-21(22)28)14-29-25(34-24)31-18-6-10-20(37-2)11-7-18/h3,6-7,10-14,17,19H,4-5,8-9H2,1-2H3,(H,30,36)(H,32,33)(H,29,31,34). The van der Waals surface area contributed by atoms with Crippen LogP contribution in [0.3, 0.4) is 0 Å². The van der Waals surface area contributed by atoms with Crippen molar-refractivity contribution in [3.63, 3.8) is 0 Å². The maximum atomic E-state index is 14.5. The van der Waals surface area contributed by atoms with Crippen molar-refractivity contribution in [3.8, 4) is 5.75 Å². The molecule has 9 nitrogen and oxygen atoms in total. The SMILES string of the molecule is COc1ccc(Nc2ncc3nc(Nc4ccc(F)cc4F)n(C4CCC(NC(C)=O)CC4)c3n2)cc1. The smallest absolute Gasteiger partial charge is 0.229 e. The van der Waals surface area contributed by atoms with Crippen molar-refractivity contribution in [3.05, 3.63) is 60.3 Å². The molecule has 37 heavy (non-hydrogen) atoms. The van der Waals surface area contributed by atoms with Crippen LogP contribution in [0, 0.1) is 11.6 Å². The summed E-state index contributed by atoms with van der Waals surface area (Å²) in [7, 11) is 1.60. The Labute approximate surface area is 212 Å². The number of benzene rings is 2. The zero-order valence-corrected chi connectivity index (χ0v) is 20.5. The molecule has 0 bridgehead atoms. The number of fused-ring (bicyclic) bond motifs is 1. The molecule has 1 aliphatic rings. The number of anilines is 4. The van der Waals surface area contributed by atoms with Crippen LogP contribution in [0.2, 0.25) is 0 Å². The third kappa shape index (κ3) is 5.45. The minimum absolute atomic E-state index is 0.00440. The number of carbonyl (C=O) groups is 1. The van der Waals surface area contributed by atoms with Crippen molar-refractivity contribution in [2.45, 2.75) is 44.7 Å². The Morgan fingerprint density at radius 1 is 1.03 bits per heavy atom. The first kappa shape index (κ1) is 24.4. The topological polar surface area (TPSA) is 106 Å². The van der Waals surface area contributed by atoms with Crippen LogP contribution in [0.1, 0.15) is 38.6 Å². The van der Waals surface area contributed by atoms with Crippen molar-refractivity contribution in [1.82, 2.24) is 24.8 Å². The zero-order valence-electron chi connectivity index (χ0n) is 20.5.